The van der Waals surface area contributed by atoms with Crippen molar-refractivity contribution in [3.8, 4) is 0 Å². The predicted molar refractivity (Wildman–Crippen MR) is 126 cm³/mol. The molecule has 10 nitrogen and oxygen atoms in total. The Kier molecular flexibility index (Phi) is 9.79. The summed E-state index contributed by atoms with van der Waals surface area (Å²) in [6.07, 6.45) is 0.593. The minimum atomic E-state index is -0.412. The predicted octanol–water partition coefficient (Wildman–Crippen LogP) is 1.83. The van der Waals surface area contributed by atoms with E-state index in [-0.39, 0.29) is 23.2 Å². The second-order valence-corrected chi connectivity index (χ2v) is 8.62. The number of nitrogens with two attached hydrogens (primary N) is 1. The molecule has 1 fully saturated rings. The third-order valence-electron chi connectivity index (χ3n) is 4.95. The molecule has 0 saturated carbocycles. The Bertz CT molecular complexity index is 868. The van der Waals surface area contributed by atoms with Crippen molar-refractivity contribution in [2.75, 3.05) is 39.4 Å². The number of anilines is 1. The monoisotopic (exact) mass is 485 g/mol. The maximum absolute atomic E-state index is 12.8. The van der Waals surface area contributed by atoms with Crippen LogP contribution in [-0.2, 0) is 23.9 Å². The Hall–Kier alpha value is -2.31. The van der Waals surface area contributed by atoms with Gasteiger partial charge in [0.25, 0.3) is 5.91 Å². The quantitative estimate of drug-likeness (QED) is 0.322. The molecule has 1 amide bonds. The molecule has 0 radical (unpaired) electrons. The summed E-state index contributed by atoms with van der Waals surface area (Å²) in [6, 6.07) is -0.177. The highest BCUT2D eigenvalue weighted by Gasteiger charge is 2.48. The number of hydrogen-bond donors (Lipinski definition) is 2. The molecule has 1 saturated heterocycles. The molecular formula is C20H31N5O5S2. The molecule has 2 aliphatic rings. The molecule has 3 rings (SSSR count). The van der Waals surface area contributed by atoms with E-state index in [1.54, 1.807) is 24.3 Å². The summed E-state index contributed by atoms with van der Waals surface area (Å²) in [5.74, 6) is -0.188. The number of methoxy groups -OCH3 is 2. The largest absolute Gasteiger partial charge is 0.464 e. The highest BCUT2D eigenvalue weighted by atomic mass is 32.2. The Labute approximate surface area is 196 Å². The molecule has 178 valence electrons. The maximum atomic E-state index is 12.8. The van der Waals surface area contributed by atoms with Gasteiger partial charge in [-0.15, -0.1) is 23.1 Å². The van der Waals surface area contributed by atoms with Gasteiger partial charge in [0.1, 0.15) is 18.5 Å². The zero-order chi connectivity index (χ0) is 23.8. The number of oxime groups is 1. The van der Waals surface area contributed by atoms with E-state index in [4.69, 9.17) is 20.0 Å². The van der Waals surface area contributed by atoms with Gasteiger partial charge in [-0.25, -0.2) is 9.78 Å². The Balaban J connectivity index is 0.00000176. The molecule has 0 bridgehead atoms. The van der Waals surface area contributed by atoms with Crippen molar-refractivity contribution in [1.29, 1.82) is 0 Å². The van der Waals surface area contributed by atoms with E-state index < -0.39 is 11.9 Å². The van der Waals surface area contributed by atoms with Crippen molar-refractivity contribution in [3.63, 3.8) is 0 Å². The summed E-state index contributed by atoms with van der Waals surface area (Å²) in [7, 11) is 4.36. The van der Waals surface area contributed by atoms with Gasteiger partial charge in [-0.1, -0.05) is 25.9 Å². The number of nitrogens with one attached hydrogen (secondary N) is 1. The molecule has 32 heavy (non-hydrogen) atoms. The van der Waals surface area contributed by atoms with Gasteiger partial charge in [0.15, 0.2) is 10.8 Å². The van der Waals surface area contributed by atoms with Crippen LogP contribution in [0.2, 0.25) is 0 Å². The minimum absolute atomic E-state index is 0.0551. The minimum Gasteiger partial charge on any atom is -0.464 e. The number of thioether (sulfide) groups is 1. The lowest BCUT2D eigenvalue weighted by Crippen LogP contribution is -2.67. The number of nitrogens with zero attached hydrogens (tertiary/aromatic N) is 3. The first-order valence-electron chi connectivity index (χ1n) is 10.3. The van der Waals surface area contributed by atoms with Crippen LogP contribution < -0.4 is 11.1 Å². The summed E-state index contributed by atoms with van der Waals surface area (Å²) < 4.78 is 10.6. The second-order valence-electron chi connectivity index (χ2n) is 6.63. The van der Waals surface area contributed by atoms with E-state index >= 15 is 0 Å². The third kappa shape index (κ3) is 5.36. The normalized spacial score (nSPS) is 20.9. The third-order valence-corrected chi connectivity index (χ3v) is 7.02. The Morgan fingerprint density at radius 2 is 2.09 bits per heavy atom. The van der Waals surface area contributed by atoms with Crippen molar-refractivity contribution in [1.82, 2.24) is 15.2 Å². The number of esters is 1. The maximum Gasteiger partial charge on any atom is 0.354 e. The fourth-order valence-electron chi connectivity index (χ4n) is 3.53. The van der Waals surface area contributed by atoms with Crippen LogP contribution in [0.15, 0.2) is 21.8 Å². The smallest absolute Gasteiger partial charge is 0.354 e. The highest BCUT2D eigenvalue weighted by molar-refractivity contribution is 8.00. The van der Waals surface area contributed by atoms with Crippen LogP contribution >= 0.6 is 23.1 Å². The molecule has 3 heterocycles. The average molecular weight is 486 g/mol. The topological polar surface area (TPSA) is 128 Å². The summed E-state index contributed by atoms with van der Waals surface area (Å²) in [4.78, 5) is 36.2. The highest BCUT2D eigenvalue weighted by Crippen LogP contribution is 2.41. The van der Waals surface area contributed by atoms with Gasteiger partial charge in [-0.2, -0.15) is 0 Å². The molecule has 12 heteroatoms. The van der Waals surface area contributed by atoms with Gasteiger partial charge in [-0.05, 0) is 12.0 Å². The number of aromatic nitrogens is 1. The number of nitrogen functional groups attached to an aromatic ring is 1. The van der Waals surface area contributed by atoms with Crippen LogP contribution in [-0.4, -0.2) is 78.6 Å². The molecule has 0 spiro atoms. The van der Waals surface area contributed by atoms with Crippen molar-refractivity contribution < 1.29 is 23.9 Å². The number of amides is 1. The number of ether oxygens (including phenoxy) is 2. The lowest BCUT2D eigenvalue weighted by Gasteiger charge is -2.52. The van der Waals surface area contributed by atoms with Crippen LogP contribution in [0.1, 0.15) is 32.9 Å². The number of carbonyl (C=O) groups excluding carboxylic acids is 2. The van der Waals surface area contributed by atoms with Crippen LogP contribution in [0, 0.1) is 0 Å². The summed E-state index contributed by atoms with van der Waals surface area (Å²) in [5.41, 5.74) is 7.52. The number of fused-ring (bicyclic) bond motifs is 1. The lowest BCUT2D eigenvalue weighted by molar-refractivity contribution is -0.139. The molecular weight excluding hydrogens is 454 g/mol. The molecule has 3 unspecified atom stereocenters. The summed E-state index contributed by atoms with van der Waals surface area (Å²) in [5, 5.41) is 8.67. The van der Waals surface area contributed by atoms with Crippen molar-refractivity contribution in [2.45, 2.75) is 44.7 Å². The number of carbonyl (C=O) groups is 2. The number of thiazole rings is 1. The van der Waals surface area contributed by atoms with Gasteiger partial charge >= 0.3 is 5.97 Å². The second kappa shape index (κ2) is 12.1. The first-order valence-corrected chi connectivity index (χ1v) is 12.2. The standard InChI is InChI=1S/C18H25N5O5S2.C2H6/c1-5-12(26-2)9-7-29-16-10(6-23(16)14(9)17(25)27-3)20-15(24)13(22-28-4)11-8-30-18(19)21-11;1-2/h8,10,12,16H,5-7H2,1-4H3,(H2,19,21)(H,20,24);1-2H3/b22-13-;. The number of rotatable bonds is 8. The molecule has 1 aromatic rings. The van der Waals surface area contributed by atoms with Crippen LogP contribution in [0.3, 0.4) is 0 Å². The summed E-state index contributed by atoms with van der Waals surface area (Å²) in [6.45, 7) is 6.48. The van der Waals surface area contributed by atoms with E-state index in [9.17, 15) is 9.59 Å². The lowest BCUT2D eigenvalue weighted by atomic mass is 10.00. The van der Waals surface area contributed by atoms with E-state index in [1.165, 1.54) is 25.6 Å². The van der Waals surface area contributed by atoms with E-state index in [0.29, 0.717) is 28.8 Å². The molecule has 0 aromatic carbocycles. The number of hydrogen-bond acceptors (Lipinski definition) is 11. The van der Waals surface area contributed by atoms with Gasteiger partial charge in [-0.3, -0.25) is 4.79 Å². The van der Waals surface area contributed by atoms with Gasteiger partial charge < -0.3 is 30.3 Å². The van der Waals surface area contributed by atoms with Crippen LogP contribution in [0.5, 0.6) is 0 Å². The molecule has 0 aliphatic carbocycles. The zero-order valence-electron chi connectivity index (χ0n) is 19.2. The van der Waals surface area contributed by atoms with E-state index in [0.717, 1.165) is 12.0 Å². The molecule has 1 aromatic heterocycles. The van der Waals surface area contributed by atoms with Crippen LogP contribution in [0.4, 0.5) is 5.13 Å². The first-order chi connectivity index (χ1) is 15.4. The van der Waals surface area contributed by atoms with Crippen molar-refractivity contribution >= 4 is 45.8 Å². The van der Waals surface area contributed by atoms with Gasteiger partial charge in [0.05, 0.1) is 24.6 Å². The fourth-order valence-corrected chi connectivity index (χ4v) is 5.51. The fraction of sp³-hybridized carbons (Fsp3) is 0.600. The SMILES string of the molecule is CC.CCC(OC)C1=C(C(=O)OC)N2CC(NC(=O)/C(=N\OC)c3csc(N)n3)C2SC1. The van der Waals surface area contributed by atoms with Crippen molar-refractivity contribution in [2.24, 2.45) is 5.16 Å². The van der Waals surface area contributed by atoms with Gasteiger partial charge in [0, 0.05) is 24.8 Å². The van der Waals surface area contributed by atoms with Crippen molar-refractivity contribution in [3.05, 3.63) is 22.3 Å². The van der Waals surface area contributed by atoms with Crippen LogP contribution in [0.25, 0.3) is 0 Å². The first kappa shape index (κ1) is 25.9. The molecule has 3 N–H and O–H groups in total. The Morgan fingerprint density at radius 1 is 1.38 bits per heavy atom. The summed E-state index contributed by atoms with van der Waals surface area (Å²) >= 11 is 2.86. The average Bonchev–Trinajstić information content (AvgIpc) is 3.23. The zero-order valence-corrected chi connectivity index (χ0v) is 20.8. The van der Waals surface area contributed by atoms with Gasteiger partial charge in [0.2, 0.25) is 0 Å². The molecule has 2 aliphatic heterocycles. The van der Waals surface area contributed by atoms with E-state index in [1.807, 2.05) is 25.7 Å². The Morgan fingerprint density at radius 3 is 2.62 bits per heavy atom. The van der Waals surface area contributed by atoms with E-state index in [2.05, 4.69) is 15.5 Å². The molecule has 3 atom stereocenters.